The Kier molecular flexibility index (Phi) is 4.94. The van der Waals surface area contributed by atoms with E-state index >= 15 is 0 Å². The summed E-state index contributed by atoms with van der Waals surface area (Å²) in [5.74, 6) is 1.22. The number of carbonyl (C=O) groups is 1. The molecule has 1 N–H and O–H groups in total. The van der Waals surface area contributed by atoms with Crippen LogP contribution in [0.1, 0.15) is 6.92 Å². The van der Waals surface area contributed by atoms with Crippen molar-refractivity contribution >= 4 is 22.4 Å². The van der Waals surface area contributed by atoms with E-state index in [2.05, 4.69) is 10.3 Å². The zero-order chi connectivity index (χ0) is 15.2. The van der Waals surface area contributed by atoms with Gasteiger partial charge in [-0.2, -0.15) is 0 Å². The molecular formula is C15H16N2O3S. The van der Waals surface area contributed by atoms with E-state index in [-0.39, 0.29) is 5.91 Å². The molecule has 110 valence electrons. The van der Waals surface area contributed by atoms with Crippen LogP contribution in [-0.2, 0) is 4.79 Å². The number of carbonyl (C=O) groups excluding carboxylic acids is 1. The summed E-state index contributed by atoms with van der Waals surface area (Å²) in [7, 11) is 3.21. The molecule has 1 aromatic heterocycles. The Morgan fingerprint density at radius 3 is 2.81 bits per heavy atom. The van der Waals surface area contributed by atoms with Crippen LogP contribution in [-0.4, -0.2) is 25.1 Å². The van der Waals surface area contributed by atoms with Gasteiger partial charge in [0.25, 0.3) is 0 Å². The first-order chi connectivity index (χ1) is 10.2. The fraction of sp³-hybridized carbons (Fsp3) is 0.200. The normalized spacial score (nSPS) is 10.6. The summed E-state index contributed by atoms with van der Waals surface area (Å²) in [6.45, 7) is 1.79. The second-order valence-corrected chi connectivity index (χ2v) is 4.95. The van der Waals surface area contributed by atoms with Gasteiger partial charge >= 0.3 is 0 Å². The predicted molar refractivity (Wildman–Crippen MR) is 84.1 cm³/mol. The fourth-order valence-electron chi connectivity index (χ4n) is 1.77. The molecule has 1 aromatic carbocycles. The molecule has 2 rings (SSSR count). The maximum absolute atomic E-state index is 11.5. The topological polar surface area (TPSA) is 60.5 Å². The third-order valence-corrected chi connectivity index (χ3v) is 3.49. The SMILES string of the molecule is C/C=C/C(=O)Nc1nc(-c2cc(OC)ccc2OC)cs1. The van der Waals surface area contributed by atoms with E-state index in [9.17, 15) is 4.79 Å². The third-order valence-electron chi connectivity index (χ3n) is 2.73. The molecule has 0 spiro atoms. The van der Waals surface area contributed by atoms with Gasteiger partial charge in [0.05, 0.1) is 19.9 Å². The molecule has 0 bridgehead atoms. The van der Waals surface area contributed by atoms with Gasteiger partial charge in [-0.25, -0.2) is 4.98 Å². The highest BCUT2D eigenvalue weighted by Gasteiger charge is 2.12. The molecule has 0 fully saturated rings. The lowest BCUT2D eigenvalue weighted by Crippen LogP contribution is -2.07. The minimum absolute atomic E-state index is 0.198. The van der Waals surface area contributed by atoms with Crippen molar-refractivity contribution in [3.8, 4) is 22.8 Å². The first-order valence-electron chi connectivity index (χ1n) is 6.29. The molecule has 0 radical (unpaired) electrons. The molecule has 1 heterocycles. The summed E-state index contributed by atoms with van der Waals surface area (Å²) in [4.78, 5) is 15.9. The van der Waals surface area contributed by atoms with Crippen LogP contribution < -0.4 is 14.8 Å². The monoisotopic (exact) mass is 304 g/mol. The van der Waals surface area contributed by atoms with Crippen LogP contribution >= 0.6 is 11.3 Å². The molecule has 0 aliphatic rings. The highest BCUT2D eigenvalue weighted by molar-refractivity contribution is 7.14. The molecule has 0 atom stereocenters. The van der Waals surface area contributed by atoms with E-state index in [1.807, 2.05) is 23.6 Å². The van der Waals surface area contributed by atoms with Gasteiger partial charge < -0.3 is 9.47 Å². The van der Waals surface area contributed by atoms with Crippen LogP contribution in [0.2, 0.25) is 0 Å². The Labute approximate surface area is 127 Å². The van der Waals surface area contributed by atoms with Crippen LogP contribution in [0.25, 0.3) is 11.3 Å². The fourth-order valence-corrected chi connectivity index (χ4v) is 2.48. The van der Waals surface area contributed by atoms with E-state index in [1.165, 1.54) is 17.4 Å². The Bertz CT molecular complexity index is 665. The van der Waals surface area contributed by atoms with Crippen molar-refractivity contribution in [3.05, 3.63) is 35.7 Å². The standard InChI is InChI=1S/C15H16N2O3S/c1-4-5-14(18)17-15-16-12(9-21-15)11-8-10(19-2)6-7-13(11)20-3/h4-9H,1-3H3,(H,16,17,18)/b5-4+. The number of hydrogen-bond acceptors (Lipinski definition) is 5. The van der Waals surface area contributed by atoms with Crippen molar-refractivity contribution in [2.24, 2.45) is 0 Å². The van der Waals surface area contributed by atoms with Gasteiger partial charge in [0, 0.05) is 10.9 Å². The molecule has 6 heteroatoms. The van der Waals surface area contributed by atoms with Gasteiger partial charge in [0.2, 0.25) is 5.91 Å². The average Bonchev–Trinajstić information content (AvgIpc) is 2.95. The van der Waals surface area contributed by atoms with Crippen LogP contribution in [0.4, 0.5) is 5.13 Å². The van der Waals surface area contributed by atoms with Gasteiger partial charge in [0.1, 0.15) is 11.5 Å². The van der Waals surface area contributed by atoms with Crippen LogP contribution in [0.15, 0.2) is 35.7 Å². The Balaban J connectivity index is 2.30. The number of amides is 1. The second kappa shape index (κ2) is 6.90. The molecule has 0 saturated carbocycles. The van der Waals surface area contributed by atoms with Gasteiger partial charge in [-0.15, -0.1) is 11.3 Å². The van der Waals surface area contributed by atoms with E-state index in [1.54, 1.807) is 27.2 Å². The predicted octanol–water partition coefficient (Wildman–Crippen LogP) is 3.34. The lowest BCUT2D eigenvalue weighted by atomic mass is 10.1. The maximum Gasteiger partial charge on any atom is 0.249 e. The van der Waals surface area contributed by atoms with E-state index in [0.29, 0.717) is 10.9 Å². The smallest absolute Gasteiger partial charge is 0.249 e. The van der Waals surface area contributed by atoms with Crippen molar-refractivity contribution in [1.82, 2.24) is 4.98 Å². The van der Waals surface area contributed by atoms with Crippen LogP contribution in [0.3, 0.4) is 0 Å². The zero-order valence-electron chi connectivity index (χ0n) is 12.0. The summed E-state index contributed by atoms with van der Waals surface area (Å²) in [5.41, 5.74) is 1.55. The minimum atomic E-state index is -0.198. The summed E-state index contributed by atoms with van der Waals surface area (Å²) in [6.07, 6.45) is 3.13. The number of anilines is 1. The van der Waals surface area contributed by atoms with E-state index in [4.69, 9.17) is 9.47 Å². The third kappa shape index (κ3) is 3.61. The van der Waals surface area contributed by atoms with Gasteiger partial charge in [-0.05, 0) is 31.2 Å². The summed E-state index contributed by atoms with van der Waals surface area (Å²) >= 11 is 1.36. The molecule has 1 amide bonds. The molecule has 21 heavy (non-hydrogen) atoms. The van der Waals surface area contributed by atoms with Gasteiger partial charge in [-0.1, -0.05) is 6.08 Å². The zero-order valence-corrected chi connectivity index (χ0v) is 12.9. The lowest BCUT2D eigenvalue weighted by molar-refractivity contribution is -0.111. The van der Waals surface area contributed by atoms with Crippen LogP contribution in [0, 0.1) is 0 Å². The first kappa shape index (κ1) is 15.1. The number of nitrogens with zero attached hydrogens (tertiary/aromatic N) is 1. The van der Waals surface area contributed by atoms with E-state index in [0.717, 1.165) is 17.0 Å². The maximum atomic E-state index is 11.5. The van der Waals surface area contributed by atoms with Crippen LogP contribution in [0.5, 0.6) is 11.5 Å². The van der Waals surface area contributed by atoms with Crippen molar-refractivity contribution in [2.75, 3.05) is 19.5 Å². The number of aromatic nitrogens is 1. The number of allylic oxidation sites excluding steroid dienone is 1. The number of benzene rings is 1. The highest BCUT2D eigenvalue weighted by Crippen LogP contribution is 2.34. The second-order valence-electron chi connectivity index (χ2n) is 4.09. The number of methoxy groups -OCH3 is 2. The van der Waals surface area contributed by atoms with E-state index < -0.39 is 0 Å². The van der Waals surface area contributed by atoms with Crippen molar-refractivity contribution in [3.63, 3.8) is 0 Å². The van der Waals surface area contributed by atoms with Crippen molar-refractivity contribution in [1.29, 1.82) is 0 Å². The Morgan fingerprint density at radius 1 is 1.33 bits per heavy atom. The number of rotatable bonds is 5. The van der Waals surface area contributed by atoms with Crippen molar-refractivity contribution in [2.45, 2.75) is 6.92 Å². The lowest BCUT2D eigenvalue weighted by Gasteiger charge is -2.08. The van der Waals surface area contributed by atoms with Gasteiger partial charge in [-0.3, -0.25) is 10.1 Å². The minimum Gasteiger partial charge on any atom is -0.497 e. The highest BCUT2D eigenvalue weighted by atomic mass is 32.1. The Morgan fingerprint density at radius 2 is 2.14 bits per heavy atom. The number of nitrogens with one attached hydrogen (secondary N) is 1. The largest absolute Gasteiger partial charge is 0.497 e. The molecule has 0 aliphatic heterocycles. The van der Waals surface area contributed by atoms with Gasteiger partial charge in [0.15, 0.2) is 5.13 Å². The number of hydrogen-bond donors (Lipinski definition) is 1. The summed E-state index contributed by atoms with van der Waals surface area (Å²) in [6, 6.07) is 5.50. The molecule has 0 unspecified atom stereocenters. The molecule has 5 nitrogen and oxygen atoms in total. The quantitative estimate of drug-likeness (QED) is 0.861. The number of ether oxygens (including phenoxy) is 2. The Hall–Kier alpha value is -2.34. The molecule has 0 saturated heterocycles. The summed E-state index contributed by atoms with van der Waals surface area (Å²) < 4.78 is 10.6. The van der Waals surface area contributed by atoms with Crippen molar-refractivity contribution < 1.29 is 14.3 Å². The summed E-state index contributed by atoms with van der Waals surface area (Å²) in [5, 5.41) is 5.11. The molecule has 0 aliphatic carbocycles. The number of thiazole rings is 1. The average molecular weight is 304 g/mol. The molecular weight excluding hydrogens is 288 g/mol. The molecule has 2 aromatic rings. The first-order valence-corrected chi connectivity index (χ1v) is 7.17.